The summed E-state index contributed by atoms with van der Waals surface area (Å²) in [6.07, 6.45) is 2.69. The van der Waals surface area contributed by atoms with E-state index < -0.39 is 5.43 Å². The second-order valence-corrected chi connectivity index (χ2v) is 2.51. The van der Waals surface area contributed by atoms with Gasteiger partial charge in [0.2, 0.25) is 5.43 Å². The number of rotatable bonds is 1. The first-order chi connectivity index (χ1) is 5.13. The van der Waals surface area contributed by atoms with Crippen molar-refractivity contribution in [2.45, 2.75) is 6.92 Å². The summed E-state index contributed by atoms with van der Waals surface area (Å²) < 4.78 is 0. The van der Waals surface area contributed by atoms with E-state index in [1.165, 1.54) is 19.3 Å². The second kappa shape index (κ2) is 2.88. The predicted octanol–water partition coefficient (Wildman–Crippen LogP) is 1.23. The maximum absolute atomic E-state index is 11.0. The lowest BCUT2D eigenvalue weighted by Crippen LogP contribution is -2.12. The van der Waals surface area contributed by atoms with Crippen molar-refractivity contribution < 1.29 is 4.79 Å². The van der Waals surface area contributed by atoms with E-state index in [1.54, 1.807) is 0 Å². The number of carbonyl (C=O) groups is 1. The monoisotopic (exact) mass is 171 g/mol. The van der Waals surface area contributed by atoms with Crippen LogP contribution in [0.4, 0.5) is 0 Å². The molecule has 11 heavy (non-hydrogen) atoms. The van der Waals surface area contributed by atoms with Crippen LogP contribution in [-0.2, 0) is 0 Å². The lowest BCUT2D eigenvalue weighted by Gasteiger charge is -1.93. The third kappa shape index (κ3) is 1.49. The highest BCUT2D eigenvalue weighted by Gasteiger charge is 2.06. The van der Waals surface area contributed by atoms with Gasteiger partial charge >= 0.3 is 0 Å². The largest absolute Gasteiger partial charge is 0.365 e. The average Bonchev–Trinajstić information content (AvgIpc) is 1.94. The van der Waals surface area contributed by atoms with Crippen LogP contribution in [0.1, 0.15) is 17.3 Å². The van der Waals surface area contributed by atoms with Crippen LogP contribution in [0.15, 0.2) is 17.2 Å². The van der Waals surface area contributed by atoms with Crippen molar-refractivity contribution in [1.82, 2.24) is 4.98 Å². The molecule has 4 heteroatoms. The number of carbonyl (C=O) groups excluding carboxylic acids is 1. The number of ketones is 1. The number of halogens is 1. The van der Waals surface area contributed by atoms with Crippen LogP contribution in [0.3, 0.4) is 0 Å². The number of hydrogen-bond donors (Lipinski definition) is 1. The topological polar surface area (TPSA) is 49.9 Å². The molecule has 0 bridgehead atoms. The Morgan fingerprint density at radius 1 is 1.55 bits per heavy atom. The molecule has 0 saturated heterocycles. The number of nitrogens with one attached hydrogen (secondary N) is 1. The lowest BCUT2D eigenvalue weighted by atomic mass is 10.2. The van der Waals surface area contributed by atoms with Gasteiger partial charge in [-0.05, 0) is 6.92 Å². The fourth-order valence-corrected chi connectivity index (χ4v) is 0.884. The Hall–Kier alpha value is -1.09. The Morgan fingerprint density at radius 3 is 2.64 bits per heavy atom. The highest BCUT2D eigenvalue weighted by molar-refractivity contribution is 6.30. The molecule has 1 aromatic rings. The van der Waals surface area contributed by atoms with Crippen molar-refractivity contribution >= 4 is 17.4 Å². The number of aromatic nitrogens is 1. The highest BCUT2D eigenvalue weighted by atomic mass is 35.5. The SMILES string of the molecule is CC(=O)c1c[nH]cc(Cl)c1=O. The van der Waals surface area contributed by atoms with Gasteiger partial charge < -0.3 is 4.98 Å². The number of Topliss-reactive ketones (excluding diaryl/α,β-unsaturated/α-hetero) is 1. The third-order valence-corrected chi connectivity index (χ3v) is 1.56. The van der Waals surface area contributed by atoms with Gasteiger partial charge in [-0.25, -0.2) is 0 Å². The van der Waals surface area contributed by atoms with Crippen LogP contribution in [0, 0.1) is 0 Å². The molecule has 0 aliphatic rings. The molecule has 0 aromatic carbocycles. The molecule has 0 radical (unpaired) electrons. The van der Waals surface area contributed by atoms with Crippen molar-refractivity contribution in [3.05, 3.63) is 33.2 Å². The molecule has 1 N–H and O–H groups in total. The Balaban J connectivity index is 3.40. The molecule has 0 aliphatic heterocycles. The van der Waals surface area contributed by atoms with E-state index >= 15 is 0 Å². The molecule has 0 saturated carbocycles. The maximum atomic E-state index is 11.0. The normalized spacial score (nSPS) is 9.64. The van der Waals surface area contributed by atoms with E-state index in [9.17, 15) is 9.59 Å². The standard InChI is InChI=1S/C7H6ClNO2/c1-4(10)5-2-9-3-6(8)7(5)11/h2-3H,1H3,(H,9,11). The third-order valence-electron chi connectivity index (χ3n) is 1.28. The fraction of sp³-hybridized carbons (Fsp3) is 0.143. The molecule has 3 nitrogen and oxygen atoms in total. The first-order valence-corrected chi connectivity index (χ1v) is 3.38. The van der Waals surface area contributed by atoms with E-state index in [-0.39, 0.29) is 16.4 Å². The number of H-pyrrole nitrogens is 1. The summed E-state index contributed by atoms with van der Waals surface area (Å²) >= 11 is 5.46. The molecule has 0 aliphatic carbocycles. The first kappa shape index (κ1) is 8.01. The van der Waals surface area contributed by atoms with Crippen molar-refractivity contribution in [2.75, 3.05) is 0 Å². The Morgan fingerprint density at radius 2 is 2.18 bits per heavy atom. The van der Waals surface area contributed by atoms with E-state index in [1.807, 2.05) is 0 Å². The Kier molecular flexibility index (Phi) is 2.10. The molecule has 0 atom stereocenters. The number of hydrogen-bond acceptors (Lipinski definition) is 2. The van der Waals surface area contributed by atoms with Crippen LogP contribution < -0.4 is 5.43 Å². The summed E-state index contributed by atoms with van der Waals surface area (Å²) in [6, 6.07) is 0. The van der Waals surface area contributed by atoms with Gasteiger partial charge in [0.25, 0.3) is 0 Å². The van der Waals surface area contributed by atoms with Crippen molar-refractivity contribution in [2.24, 2.45) is 0 Å². The van der Waals surface area contributed by atoms with Gasteiger partial charge in [-0.3, -0.25) is 9.59 Å². The zero-order valence-electron chi connectivity index (χ0n) is 5.85. The molecule has 0 amide bonds. The molecule has 1 rings (SSSR count). The van der Waals surface area contributed by atoms with Crippen LogP contribution in [0.2, 0.25) is 5.02 Å². The molecular weight excluding hydrogens is 166 g/mol. The minimum Gasteiger partial charge on any atom is -0.365 e. The molecule has 0 spiro atoms. The van der Waals surface area contributed by atoms with Gasteiger partial charge in [-0.15, -0.1) is 0 Å². The van der Waals surface area contributed by atoms with Crippen LogP contribution in [0.5, 0.6) is 0 Å². The summed E-state index contributed by atoms with van der Waals surface area (Å²) in [6.45, 7) is 1.32. The summed E-state index contributed by atoms with van der Waals surface area (Å²) in [5.74, 6) is -0.284. The first-order valence-electron chi connectivity index (χ1n) is 3.00. The summed E-state index contributed by atoms with van der Waals surface area (Å²) in [4.78, 5) is 24.4. The van der Waals surface area contributed by atoms with Gasteiger partial charge in [0.05, 0.1) is 5.56 Å². The van der Waals surface area contributed by atoms with Crippen LogP contribution in [-0.4, -0.2) is 10.8 Å². The average molecular weight is 172 g/mol. The predicted molar refractivity (Wildman–Crippen MR) is 42.1 cm³/mol. The quantitative estimate of drug-likeness (QED) is 0.647. The molecule has 1 heterocycles. The lowest BCUT2D eigenvalue weighted by molar-refractivity contribution is 0.101. The zero-order valence-corrected chi connectivity index (χ0v) is 6.61. The molecule has 0 fully saturated rings. The second-order valence-electron chi connectivity index (χ2n) is 2.10. The summed E-state index contributed by atoms with van der Waals surface area (Å²) in [5, 5.41) is 0.0395. The Bertz CT molecular complexity index is 343. The van der Waals surface area contributed by atoms with E-state index in [4.69, 9.17) is 11.6 Å². The molecule has 58 valence electrons. The summed E-state index contributed by atoms with van der Waals surface area (Å²) in [7, 11) is 0. The van der Waals surface area contributed by atoms with Gasteiger partial charge in [-0.2, -0.15) is 0 Å². The molecule has 0 unspecified atom stereocenters. The van der Waals surface area contributed by atoms with Crippen LogP contribution in [0.25, 0.3) is 0 Å². The summed E-state index contributed by atoms with van der Waals surface area (Å²) in [5.41, 5.74) is -0.324. The molecule has 1 aromatic heterocycles. The fourth-order valence-electron chi connectivity index (χ4n) is 0.719. The van der Waals surface area contributed by atoms with Crippen molar-refractivity contribution in [3.8, 4) is 0 Å². The smallest absolute Gasteiger partial charge is 0.210 e. The van der Waals surface area contributed by atoms with Gasteiger partial charge in [0.15, 0.2) is 5.78 Å². The van der Waals surface area contributed by atoms with Gasteiger partial charge in [0.1, 0.15) is 5.02 Å². The minimum atomic E-state index is -0.419. The number of aromatic amines is 1. The van der Waals surface area contributed by atoms with Crippen molar-refractivity contribution in [3.63, 3.8) is 0 Å². The van der Waals surface area contributed by atoms with E-state index in [0.29, 0.717) is 0 Å². The van der Waals surface area contributed by atoms with E-state index in [2.05, 4.69) is 4.98 Å². The van der Waals surface area contributed by atoms with Crippen LogP contribution >= 0.6 is 11.6 Å². The van der Waals surface area contributed by atoms with Gasteiger partial charge in [0, 0.05) is 12.4 Å². The zero-order chi connectivity index (χ0) is 8.43. The maximum Gasteiger partial charge on any atom is 0.210 e. The number of pyridine rings is 1. The van der Waals surface area contributed by atoms with Crippen molar-refractivity contribution in [1.29, 1.82) is 0 Å². The minimum absolute atomic E-state index is 0.0395. The van der Waals surface area contributed by atoms with E-state index in [0.717, 1.165) is 0 Å². The highest BCUT2D eigenvalue weighted by Crippen LogP contribution is 2.00. The Labute approximate surface area is 68.0 Å². The van der Waals surface area contributed by atoms with Gasteiger partial charge in [-0.1, -0.05) is 11.6 Å². The molecular formula is C7H6ClNO2.